The molecular weight excluding hydrogens is 268 g/mol. The number of aliphatic hydroxyl groups excluding tert-OH is 1. The van der Waals surface area contributed by atoms with Crippen molar-refractivity contribution in [3.63, 3.8) is 0 Å². The minimum Gasteiger partial charge on any atom is -0.497 e. The number of hydrogen-bond acceptors (Lipinski definition) is 5. The Labute approximate surface area is 127 Å². The Morgan fingerprint density at radius 3 is 2.62 bits per heavy atom. The van der Waals surface area contributed by atoms with Gasteiger partial charge in [0.05, 0.1) is 26.4 Å². The zero-order valence-corrected chi connectivity index (χ0v) is 13.3. The molecule has 0 aliphatic heterocycles. The molecule has 1 rings (SSSR count). The van der Waals surface area contributed by atoms with E-state index < -0.39 is 0 Å². The van der Waals surface area contributed by atoms with Gasteiger partial charge in [-0.25, -0.2) is 0 Å². The average Bonchev–Trinajstić information content (AvgIpc) is 2.52. The Bertz CT molecular complexity index is 401. The van der Waals surface area contributed by atoms with Gasteiger partial charge in [-0.15, -0.1) is 0 Å². The molecule has 0 bridgehead atoms. The highest BCUT2D eigenvalue weighted by Gasteiger charge is 2.25. The van der Waals surface area contributed by atoms with Gasteiger partial charge in [-0.1, -0.05) is 19.1 Å². The van der Waals surface area contributed by atoms with Crippen LogP contribution in [-0.4, -0.2) is 56.6 Å². The molecule has 0 amide bonds. The van der Waals surface area contributed by atoms with E-state index in [0.717, 1.165) is 24.3 Å². The summed E-state index contributed by atoms with van der Waals surface area (Å²) >= 11 is 0. The SMILES string of the molecule is CCC(N)C(c1cccc(OC)c1)N(CCO)CCOC. The summed E-state index contributed by atoms with van der Waals surface area (Å²) in [5.74, 6) is 0.816. The maximum Gasteiger partial charge on any atom is 0.119 e. The van der Waals surface area contributed by atoms with E-state index in [4.69, 9.17) is 15.2 Å². The Balaban J connectivity index is 3.05. The van der Waals surface area contributed by atoms with Gasteiger partial charge in [-0.05, 0) is 24.1 Å². The lowest BCUT2D eigenvalue weighted by molar-refractivity contribution is 0.0898. The van der Waals surface area contributed by atoms with Crippen LogP contribution in [0, 0.1) is 0 Å². The van der Waals surface area contributed by atoms with Crippen LogP contribution >= 0.6 is 0 Å². The van der Waals surface area contributed by atoms with Gasteiger partial charge in [0.15, 0.2) is 0 Å². The minimum atomic E-state index is -0.0134. The Morgan fingerprint density at radius 2 is 2.05 bits per heavy atom. The van der Waals surface area contributed by atoms with Crippen LogP contribution in [0.25, 0.3) is 0 Å². The Kier molecular flexibility index (Phi) is 8.30. The first-order chi connectivity index (χ1) is 10.2. The van der Waals surface area contributed by atoms with Crippen LogP contribution in [0.15, 0.2) is 24.3 Å². The summed E-state index contributed by atoms with van der Waals surface area (Å²) in [5, 5.41) is 9.34. The highest BCUT2D eigenvalue weighted by Crippen LogP contribution is 2.27. The molecule has 2 atom stereocenters. The maximum absolute atomic E-state index is 9.34. The van der Waals surface area contributed by atoms with E-state index in [-0.39, 0.29) is 18.7 Å². The molecule has 0 spiro atoms. The summed E-state index contributed by atoms with van der Waals surface area (Å²) < 4.78 is 10.5. The number of rotatable bonds is 10. The molecule has 0 saturated carbocycles. The van der Waals surface area contributed by atoms with Crippen molar-refractivity contribution in [2.75, 3.05) is 40.5 Å². The maximum atomic E-state index is 9.34. The lowest BCUT2D eigenvalue weighted by Crippen LogP contribution is -2.43. The minimum absolute atomic E-state index is 0.0134. The monoisotopic (exact) mass is 296 g/mol. The van der Waals surface area contributed by atoms with Gasteiger partial charge in [0, 0.05) is 26.2 Å². The standard InChI is InChI=1S/C16H28N2O3/c1-4-15(17)16(18(8-10-19)9-11-20-2)13-6-5-7-14(12-13)21-3/h5-7,12,15-16,19H,4,8-11,17H2,1-3H3. The predicted molar refractivity (Wildman–Crippen MR) is 84.5 cm³/mol. The van der Waals surface area contributed by atoms with Gasteiger partial charge in [-0.2, -0.15) is 0 Å². The summed E-state index contributed by atoms with van der Waals surface area (Å²) in [6, 6.07) is 7.98. The first-order valence-electron chi connectivity index (χ1n) is 7.41. The van der Waals surface area contributed by atoms with Crippen LogP contribution in [0.1, 0.15) is 24.9 Å². The highest BCUT2D eigenvalue weighted by molar-refractivity contribution is 5.31. The zero-order chi connectivity index (χ0) is 15.7. The normalized spacial score (nSPS) is 14.2. The van der Waals surface area contributed by atoms with Gasteiger partial charge in [0.2, 0.25) is 0 Å². The Hall–Kier alpha value is -1.14. The fourth-order valence-corrected chi connectivity index (χ4v) is 2.50. The van der Waals surface area contributed by atoms with Crippen LogP contribution < -0.4 is 10.5 Å². The smallest absolute Gasteiger partial charge is 0.119 e. The number of ether oxygens (including phenoxy) is 2. The summed E-state index contributed by atoms with van der Waals surface area (Å²) in [6.45, 7) is 4.08. The summed E-state index contributed by atoms with van der Waals surface area (Å²) in [5.41, 5.74) is 7.44. The topological polar surface area (TPSA) is 68.0 Å². The molecule has 1 aromatic rings. The molecule has 5 nitrogen and oxygen atoms in total. The van der Waals surface area contributed by atoms with Crippen molar-refractivity contribution < 1.29 is 14.6 Å². The Morgan fingerprint density at radius 1 is 1.29 bits per heavy atom. The number of nitrogens with two attached hydrogens (primary N) is 1. The van der Waals surface area contributed by atoms with Gasteiger partial charge >= 0.3 is 0 Å². The molecule has 0 aromatic heterocycles. The van der Waals surface area contributed by atoms with E-state index in [1.54, 1.807) is 14.2 Å². The van der Waals surface area contributed by atoms with Crippen molar-refractivity contribution in [3.8, 4) is 5.75 Å². The van der Waals surface area contributed by atoms with Crippen LogP contribution in [0.2, 0.25) is 0 Å². The lowest BCUT2D eigenvalue weighted by atomic mass is 9.96. The van der Waals surface area contributed by atoms with Gasteiger partial charge < -0.3 is 20.3 Å². The second-order valence-electron chi connectivity index (χ2n) is 5.05. The zero-order valence-electron chi connectivity index (χ0n) is 13.3. The van der Waals surface area contributed by atoms with Crippen LogP contribution in [-0.2, 0) is 4.74 Å². The third kappa shape index (κ3) is 5.28. The van der Waals surface area contributed by atoms with Crippen molar-refractivity contribution >= 4 is 0 Å². The summed E-state index contributed by atoms with van der Waals surface area (Å²) in [4.78, 5) is 2.17. The average molecular weight is 296 g/mol. The van der Waals surface area contributed by atoms with Crippen molar-refractivity contribution in [2.24, 2.45) is 5.73 Å². The molecule has 2 unspecified atom stereocenters. The van der Waals surface area contributed by atoms with E-state index in [1.165, 1.54) is 0 Å². The first kappa shape index (κ1) is 17.9. The van der Waals surface area contributed by atoms with E-state index in [9.17, 15) is 5.11 Å². The molecule has 3 N–H and O–H groups in total. The van der Waals surface area contributed by atoms with E-state index in [0.29, 0.717) is 13.2 Å². The third-order valence-corrected chi connectivity index (χ3v) is 3.68. The largest absolute Gasteiger partial charge is 0.497 e. The molecule has 5 heteroatoms. The van der Waals surface area contributed by atoms with Crippen LogP contribution in [0.5, 0.6) is 5.75 Å². The van der Waals surface area contributed by atoms with E-state index in [2.05, 4.69) is 17.9 Å². The molecule has 0 fully saturated rings. The number of nitrogens with zero attached hydrogens (tertiary/aromatic N) is 1. The second-order valence-corrected chi connectivity index (χ2v) is 5.05. The van der Waals surface area contributed by atoms with Crippen molar-refractivity contribution in [1.29, 1.82) is 0 Å². The highest BCUT2D eigenvalue weighted by atomic mass is 16.5. The molecule has 0 aliphatic carbocycles. The van der Waals surface area contributed by atoms with Gasteiger partial charge in [0.1, 0.15) is 5.75 Å². The molecule has 0 heterocycles. The van der Waals surface area contributed by atoms with Gasteiger partial charge in [0.25, 0.3) is 0 Å². The predicted octanol–water partition coefficient (Wildman–Crippen LogP) is 1.41. The van der Waals surface area contributed by atoms with Crippen molar-refractivity contribution in [1.82, 2.24) is 4.90 Å². The third-order valence-electron chi connectivity index (χ3n) is 3.68. The molecule has 120 valence electrons. The van der Waals surface area contributed by atoms with E-state index in [1.807, 2.05) is 18.2 Å². The lowest BCUT2D eigenvalue weighted by Gasteiger charge is -2.35. The fourth-order valence-electron chi connectivity index (χ4n) is 2.50. The number of methoxy groups -OCH3 is 2. The quantitative estimate of drug-likeness (QED) is 0.683. The molecule has 1 aromatic carbocycles. The van der Waals surface area contributed by atoms with Crippen LogP contribution in [0.4, 0.5) is 0 Å². The molecule has 0 radical (unpaired) electrons. The molecule has 0 aliphatic rings. The molecule has 21 heavy (non-hydrogen) atoms. The van der Waals surface area contributed by atoms with Crippen molar-refractivity contribution in [2.45, 2.75) is 25.4 Å². The first-order valence-corrected chi connectivity index (χ1v) is 7.41. The van der Waals surface area contributed by atoms with Gasteiger partial charge in [-0.3, -0.25) is 4.90 Å². The van der Waals surface area contributed by atoms with E-state index >= 15 is 0 Å². The fraction of sp³-hybridized carbons (Fsp3) is 0.625. The summed E-state index contributed by atoms with van der Waals surface area (Å²) in [6.07, 6.45) is 0.858. The molecular formula is C16H28N2O3. The number of aliphatic hydroxyl groups is 1. The van der Waals surface area contributed by atoms with Crippen molar-refractivity contribution in [3.05, 3.63) is 29.8 Å². The number of benzene rings is 1. The summed E-state index contributed by atoms with van der Waals surface area (Å²) in [7, 11) is 3.34. The molecule has 0 saturated heterocycles. The second kappa shape index (κ2) is 9.73. The number of hydrogen-bond donors (Lipinski definition) is 2. The van der Waals surface area contributed by atoms with Crippen LogP contribution in [0.3, 0.4) is 0 Å².